The molecule has 2 rings (SSSR count). The second kappa shape index (κ2) is 4.28. The molecule has 3 amide bonds. The van der Waals surface area contributed by atoms with E-state index < -0.39 is 0 Å². The van der Waals surface area contributed by atoms with Crippen molar-refractivity contribution in [1.82, 2.24) is 10.2 Å². The third-order valence-corrected chi connectivity index (χ3v) is 4.81. The summed E-state index contributed by atoms with van der Waals surface area (Å²) in [6, 6.07) is -0.225. The maximum atomic E-state index is 11.7. The van der Waals surface area contributed by atoms with E-state index in [0.29, 0.717) is 6.54 Å². The first-order valence-corrected chi connectivity index (χ1v) is 6.72. The largest absolute Gasteiger partial charge is 0.324 e. The summed E-state index contributed by atoms with van der Waals surface area (Å²) in [5.74, 6) is 0.943. The summed E-state index contributed by atoms with van der Waals surface area (Å²) in [4.78, 5) is 24.8. The fraction of sp³-hybridized carbons (Fsp3) is 0.818. The average molecular weight is 242 g/mol. The van der Waals surface area contributed by atoms with Gasteiger partial charge in [0.05, 0.1) is 5.92 Å². The highest BCUT2D eigenvalue weighted by Gasteiger charge is 2.36. The van der Waals surface area contributed by atoms with E-state index in [1.54, 1.807) is 4.90 Å². The Morgan fingerprint density at radius 2 is 2.31 bits per heavy atom. The zero-order chi connectivity index (χ0) is 11.8. The molecule has 5 heteroatoms. The number of hydrogen-bond donors (Lipinski definition) is 1. The molecule has 0 aromatic carbocycles. The number of imide groups is 1. The van der Waals surface area contributed by atoms with Crippen LogP contribution >= 0.6 is 11.8 Å². The first kappa shape index (κ1) is 11.8. The molecule has 2 aliphatic rings. The highest BCUT2D eigenvalue weighted by Crippen LogP contribution is 2.38. The molecule has 2 atom stereocenters. The van der Waals surface area contributed by atoms with Gasteiger partial charge in [0, 0.05) is 17.8 Å². The van der Waals surface area contributed by atoms with Gasteiger partial charge in [-0.3, -0.25) is 10.1 Å². The molecule has 0 saturated carbocycles. The Kier molecular flexibility index (Phi) is 3.15. The molecule has 2 aliphatic heterocycles. The standard InChI is InChI=1S/C11H18N2O2S/c1-8-6-13(10(15)12-9(8)14)7-11(2)4-3-5-16-11/h8H,3-7H2,1-2H3,(H,12,14,15). The van der Waals surface area contributed by atoms with E-state index >= 15 is 0 Å². The van der Waals surface area contributed by atoms with E-state index in [0.717, 1.165) is 13.0 Å². The van der Waals surface area contributed by atoms with Crippen LogP contribution in [0.15, 0.2) is 0 Å². The van der Waals surface area contributed by atoms with Crippen LogP contribution in [0.5, 0.6) is 0 Å². The minimum absolute atomic E-state index is 0.0901. The normalized spacial score (nSPS) is 35.4. The molecule has 16 heavy (non-hydrogen) atoms. The molecule has 0 aromatic heterocycles. The molecule has 0 bridgehead atoms. The van der Waals surface area contributed by atoms with E-state index in [4.69, 9.17) is 0 Å². The van der Waals surface area contributed by atoms with E-state index in [1.807, 2.05) is 18.7 Å². The van der Waals surface area contributed by atoms with Crippen LogP contribution in [0.4, 0.5) is 4.79 Å². The molecule has 2 unspecified atom stereocenters. The number of amides is 3. The van der Waals surface area contributed by atoms with Crippen molar-refractivity contribution < 1.29 is 9.59 Å². The Morgan fingerprint density at radius 1 is 1.56 bits per heavy atom. The van der Waals surface area contributed by atoms with Gasteiger partial charge in [-0.05, 0) is 25.5 Å². The van der Waals surface area contributed by atoms with Gasteiger partial charge in [-0.2, -0.15) is 11.8 Å². The van der Waals surface area contributed by atoms with Gasteiger partial charge in [0.25, 0.3) is 0 Å². The van der Waals surface area contributed by atoms with Crippen molar-refractivity contribution in [2.24, 2.45) is 5.92 Å². The SMILES string of the molecule is CC1CN(CC2(C)CCCS2)C(=O)NC1=O. The smallest absolute Gasteiger partial charge is 0.322 e. The summed E-state index contributed by atoms with van der Waals surface area (Å²) in [5.41, 5.74) is 0. The van der Waals surface area contributed by atoms with Crippen molar-refractivity contribution in [2.45, 2.75) is 31.4 Å². The Bertz CT molecular complexity index is 313. The highest BCUT2D eigenvalue weighted by molar-refractivity contribution is 8.00. The van der Waals surface area contributed by atoms with Crippen LogP contribution in [0.3, 0.4) is 0 Å². The van der Waals surface area contributed by atoms with Gasteiger partial charge in [-0.1, -0.05) is 6.92 Å². The van der Waals surface area contributed by atoms with Crippen LogP contribution in [0, 0.1) is 5.92 Å². The van der Waals surface area contributed by atoms with Gasteiger partial charge in [0.1, 0.15) is 0 Å². The lowest BCUT2D eigenvalue weighted by Gasteiger charge is -2.36. The van der Waals surface area contributed by atoms with Gasteiger partial charge >= 0.3 is 6.03 Å². The predicted molar refractivity (Wildman–Crippen MR) is 64.4 cm³/mol. The molecule has 0 radical (unpaired) electrons. The minimum atomic E-state index is -0.225. The summed E-state index contributed by atoms with van der Waals surface area (Å²) < 4.78 is 0.178. The number of hydrogen-bond acceptors (Lipinski definition) is 3. The average Bonchev–Trinajstić information content (AvgIpc) is 2.62. The first-order valence-electron chi connectivity index (χ1n) is 5.74. The van der Waals surface area contributed by atoms with Crippen molar-refractivity contribution in [3.05, 3.63) is 0 Å². The second-order valence-corrected chi connectivity index (χ2v) is 6.66. The van der Waals surface area contributed by atoms with Gasteiger partial charge in [0.15, 0.2) is 0 Å². The molecule has 0 spiro atoms. The first-order chi connectivity index (χ1) is 7.50. The maximum Gasteiger partial charge on any atom is 0.324 e. The van der Waals surface area contributed by atoms with E-state index in [-0.39, 0.29) is 22.6 Å². The Labute approximate surface area is 100 Å². The molecule has 90 valence electrons. The summed E-state index contributed by atoms with van der Waals surface area (Å²) in [6.45, 7) is 5.37. The van der Waals surface area contributed by atoms with Crippen molar-refractivity contribution >= 4 is 23.7 Å². The van der Waals surface area contributed by atoms with Gasteiger partial charge in [-0.15, -0.1) is 0 Å². The third kappa shape index (κ3) is 2.34. The molecule has 0 aromatic rings. The zero-order valence-corrected chi connectivity index (χ0v) is 10.6. The molecule has 2 saturated heterocycles. The lowest BCUT2D eigenvalue weighted by molar-refractivity contribution is -0.125. The summed E-state index contributed by atoms with van der Waals surface area (Å²) in [5, 5.41) is 2.41. The molecule has 2 fully saturated rings. The number of thioether (sulfide) groups is 1. The van der Waals surface area contributed by atoms with Crippen molar-refractivity contribution in [3.63, 3.8) is 0 Å². The Balaban J connectivity index is 1.99. The number of urea groups is 1. The molecule has 2 heterocycles. The van der Waals surface area contributed by atoms with Crippen LogP contribution in [0.1, 0.15) is 26.7 Å². The van der Waals surface area contributed by atoms with E-state index in [1.165, 1.54) is 12.2 Å². The van der Waals surface area contributed by atoms with Gasteiger partial charge in [0.2, 0.25) is 5.91 Å². The highest BCUT2D eigenvalue weighted by atomic mass is 32.2. The van der Waals surface area contributed by atoms with Crippen LogP contribution < -0.4 is 5.32 Å². The predicted octanol–water partition coefficient (Wildman–Crippen LogP) is 1.46. The van der Waals surface area contributed by atoms with Crippen LogP contribution in [-0.2, 0) is 4.79 Å². The lowest BCUT2D eigenvalue weighted by Crippen LogP contribution is -2.56. The maximum absolute atomic E-state index is 11.7. The van der Waals surface area contributed by atoms with Crippen molar-refractivity contribution in [1.29, 1.82) is 0 Å². The van der Waals surface area contributed by atoms with E-state index in [2.05, 4.69) is 12.2 Å². The quantitative estimate of drug-likeness (QED) is 0.797. The molecule has 1 N–H and O–H groups in total. The number of carbonyl (C=O) groups is 2. The Morgan fingerprint density at radius 3 is 2.94 bits per heavy atom. The summed E-state index contributed by atoms with van der Waals surface area (Å²) >= 11 is 1.94. The lowest BCUT2D eigenvalue weighted by atomic mass is 10.0. The topological polar surface area (TPSA) is 49.4 Å². The molecule has 0 aliphatic carbocycles. The van der Waals surface area contributed by atoms with Crippen LogP contribution in [0.25, 0.3) is 0 Å². The summed E-state index contributed by atoms with van der Waals surface area (Å²) in [7, 11) is 0. The summed E-state index contributed by atoms with van der Waals surface area (Å²) in [6.07, 6.45) is 2.38. The molecule has 4 nitrogen and oxygen atoms in total. The van der Waals surface area contributed by atoms with Crippen molar-refractivity contribution in [2.75, 3.05) is 18.8 Å². The number of rotatable bonds is 2. The number of nitrogens with zero attached hydrogens (tertiary/aromatic N) is 1. The zero-order valence-electron chi connectivity index (χ0n) is 9.78. The van der Waals surface area contributed by atoms with E-state index in [9.17, 15) is 9.59 Å². The third-order valence-electron chi connectivity index (χ3n) is 3.28. The fourth-order valence-corrected chi connectivity index (χ4v) is 3.62. The van der Waals surface area contributed by atoms with Crippen LogP contribution in [-0.4, -0.2) is 40.4 Å². The number of carbonyl (C=O) groups excluding carboxylic acids is 2. The van der Waals surface area contributed by atoms with Gasteiger partial charge in [-0.25, -0.2) is 4.79 Å². The molecular formula is C11H18N2O2S. The minimum Gasteiger partial charge on any atom is -0.322 e. The molecular weight excluding hydrogens is 224 g/mol. The van der Waals surface area contributed by atoms with Crippen LogP contribution in [0.2, 0.25) is 0 Å². The monoisotopic (exact) mass is 242 g/mol. The van der Waals surface area contributed by atoms with Gasteiger partial charge < -0.3 is 4.90 Å². The Hall–Kier alpha value is -0.710. The van der Waals surface area contributed by atoms with Crippen molar-refractivity contribution in [3.8, 4) is 0 Å². The number of nitrogens with one attached hydrogen (secondary N) is 1. The fourth-order valence-electron chi connectivity index (χ4n) is 2.31. The second-order valence-electron chi connectivity index (χ2n) is 4.98.